The predicted molar refractivity (Wildman–Crippen MR) is 39.6 cm³/mol. The first-order valence-electron chi connectivity index (χ1n) is 3.51. The highest BCUT2D eigenvalue weighted by atomic mass is 19.3. The Labute approximate surface area is 65.7 Å². The van der Waals surface area contributed by atoms with Gasteiger partial charge in [-0.2, -0.15) is 0 Å². The van der Waals surface area contributed by atoms with Crippen molar-refractivity contribution in [3.05, 3.63) is 0 Å². The zero-order valence-electron chi connectivity index (χ0n) is 7.10. The Morgan fingerprint density at radius 1 is 1.45 bits per heavy atom. The quantitative estimate of drug-likeness (QED) is 0.684. The molecule has 2 nitrogen and oxygen atoms in total. The second-order valence-electron chi connectivity index (χ2n) is 3.00. The number of hydrogen-bond donors (Lipinski definition) is 1. The first-order chi connectivity index (χ1) is 4.95. The fourth-order valence-electron chi connectivity index (χ4n) is 0.732. The van der Waals surface area contributed by atoms with Crippen molar-refractivity contribution >= 4 is 0 Å². The summed E-state index contributed by atoms with van der Waals surface area (Å²) in [5, 5.41) is 0. The van der Waals surface area contributed by atoms with Gasteiger partial charge in [0.1, 0.15) is 5.54 Å². The van der Waals surface area contributed by atoms with Crippen LogP contribution in [0.15, 0.2) is 0 Å². The van der Waals surface area contributed by atoms with Crippen LogP contribution in [0.25, 0.3) is 0 Å². The van der Waals surface area contributed by atoms with Crippen LogP contribution in [0.1, 0.15) is 13.8 Å². The Morgan fingerprint density at radius 2 is 1.91 bits per heavy atom. The molecule has 0 saturated carbocycles. The largest absolute Gasteiger partial charge is 0.383 e. The molecular formula is C7H15F2NO. The number of hydrogen-bond acceptors (Lipinski definition) is 2. The van der Waals surface area contributed by atoms with Crippen LogP contribution in [0, 0.1) is 5.92 Å². The van der Waals surface area contributed by atoms with E-state index in [0.29, 0.717) is 0 Å². The van der Waals surface area contributed by atoms with E-state index in [2.05, 4.69) is 4.74 Å². The average molecular weight is 167 g/mol. The maximum absolute atomic E-state index is 12.3. The number of halogens is 2. The molecule has 0 saturated heterocycles. The van der Waals surface area contributed by atoms with Crippen molar-refractivity contribution < 1.29 is 13.5 Å². The minimum absolute atomic E-state index is 0.109. The van der Waals surface area contributed by atoms with E-state index in [1.54, 1.807) is 13.8 Å². The summed E-state index contributed by atoms with van der Waals surface area (Å²) in [7, 11) is 1.37. The Hall–Kier alpha value is -0.220. The zero-order valence-corrected chi connectivity index (χ0v) is 7.10. The fourth-order valence-corrected chi connectivity index (χ4v) is 0.732. The van der Waals surface area contributed by atoms with Crippen molar-refractivity contribution in [3.63, 3.8) is 0 Å². The summed E-state index contributed by atoms with van der Waals surface area (Å²) < 4.78 is 29.3. The summed E-state index contributed by atoms with van der Waals surface area (Å²) in [6, 6.07) is 0. The van der Waals surface area contributed by atoms with E-state index in [-0.39, 0.29) is 12.5 Å². The van der Waals surface area contributed by atoms with Crippen LogP contribution in [0.4, 0.5) is 8.78 Å². The zero-order chi connectivity index (χ0) is 9.07. The number of nitrogens with two attached hydrogens (primary N) is 1. The normalized spacial score (nSPS) is 17.5. The maximum Gasteiger partial charge on any atom is 0.258 e. The molecule has 0 aliphatic carbocycles. The van der Waals surface area contributed by atoms with Crippen molar-refractivity contribution in [1.82, 2.24) is 0 Å². The second kappa shape index (κ2) is 3.97. The molecule has 0 aromatic carbocycles. The lowest BCUT2D eigenvalue weighted by Crippen LogP contribution is -2.55. The Bertz CT molecular complexity index is 109. The number of alkyl halides is 2. The molecule has 1 unspecified atom stereocenters. The molecule has 0 spiro atoms. The first kappa shape index (κ1) is 10.8. The maximum atomic E-state index is 12.3. The van der Waals surface area contributed by atoms with Gasteiger partial charge in [0, 0.05) is 7.11 Å². The van der Waals surface area contributed by atoms with Gasteiger partial charge in [-0.1, -0.05) is 13.8 Å². The highest BCUT2D eigenvalue weighted by Gasteiger charge is 2.38. The predicted octanol–water partition coefficient (Wildman–Crippen LogP) is 1.25. The van der Waals surface area contributed by atoms with Crippen molar-refractivity contribution in [2.75, 3.05) is 13.7 Å². The van der Waals surface area contributed by atoms with Gasteiger partial charge in [0.15, 0.2) is 0 Å². The smallest absolute Gasteiger partial charge is 0.258 e. The van der Waals surface area contributed by atoms with Crippen LogP contribution in [-0.4, -0.2) is 25.7 Å². The number of rotatable bonds is 4. The summed E-state index contributed by atoms with van der Waals surface area (Å²) in [4.78, 5) is 0. The molecular weight excluding hydrogens is 152 g/mol. The van der Waals surface area contributed by atoms with Gasteiger partial charge in [-0.25, -0.2) is 8.78 Å². The molecule has 0 aliphatic heterocycles. The first-order valence-corrected chi connectivity index (χ1v) is 3.51. The summed E-state index contributed by atoms with van der Waals surface area (Å²) >= 11 is 0. The highest BCUT2D eigenvalue weighted by Crippen LogP contribution is 2.22. The lowest BCUT2D eigenvalue weighted by atomic mass is 9.89. The third-order valence-electron chi connectivity index (χ3n) is 1.88. The van der Waals surface area contributed by atoms with Crippen LogP contribution >= 0.6 is 0 Å². The number of methoxy groups -OCH3 is 1. The molecule has 68 valence electrons. The monoisotopic (exact) mass is 167 g/mol. The van der Waals surface area contributed by atoms with E-state index in [1.807, 2.05) is 0 Å². The van der Waals surface area contributed by atoms with E-state index in [9.17, 15) is 8.78 Å². The van der Waals surface area contributed by atoms with Gasteiger partial charge >= 0.3 is 0 Å². The molecule has 0 radical (unpaired) electrons. The van der Waals surface area contributed by atoms with Gasteiger partial charge in [0.2, 0.25) is 0 Å². The topological polar surface area (TPSA) is 35.2 Å². The van der Waals surface area contributed by atoms with Gasteiger partial charge in [-0.15, -0.1) is 0 Å². The molecule has 0 fully saturated rings. The van der Waals surface area contributed by atoms with E-state index in [0.717, 1.165) is 0 Å². The third kappa shape index (κ3) is 2.38. The van der Waals surface area contributed by atoms with Gasteiger partial charge < -0.3 is 10.5 Å². The minimum Gasteiger partial charge on any atom is -0.383 e. The number of ether oxygens (including phenoxy) is 1. The van der Waals surface area contributed by atoms with Gasteiger partial charge in [0.05, 0.1) is 6.61 Å². The van der Waals surface area contributed by atoms with Crippen molar-refractivity contribution in [2.24, 2.45) is 11.7 Å². The van der Waals surface area contributed by atoms with Crippen molar-refractivity contribution in [2.45, 2.75) is 25.8 Å². The van der Waals surface area contributed by atoms with Crippen molar-refractivity contribution in [3.8, 4) is 0 Å². The second-order valence-corrected chi connectivity index (χ2v) is 3.00. The molecule has 0 aliphatic rings. The molecule has 0 bridgehead atoms. The molecule has 2 N–H and O–H groups in total. The van der Waals surface area contributed by atoms with E-state index in [1.165, 1.54) is 7.11 Å². The molecule has 4 heteroatoms. The van der Waals surface area contributed by atoms with E-state index < -0.39 is 12.0 Å². The van der Waals surface area contributed by atoms with Crippen LogP contribution in [0.5, 0.6) is 0 Å². The molecule has 11 heavy (non-hydrogen) atoms. The Kier molecular flexibility index (Phi) is 3.89. The van der Waals surface area contributed by atoms with Gasteiger partial charge in [-0.05, 0) is 5.92 Å². The lowest BCUT2D eigenvalue weighted by molar-refractivity contribution is -0.0208. The van der Waals surface area contributed by atoms with Gasteiger partial charge in [0.25, 0.3) is 6.43 Å². The van der Waals surface area contributed by atoms with E-state index in [4.69, 9.17) is 5.73 Å². The molecule has 1 atom stereocenters. The van der Waals surface area contributed by atoms with Gasteiger partial charge in [-0.3, -0.25) is 0 Å². The molecule has 0 amide bonds. The Balaban J connectivity index is 4.26. The van der Waals surface area contributed by atoms with Crippen LogP contribution in [0.2, 0.25) is 0 Å². The Morgan fingerprint density at radius 3 is 2.00 bits per heavy atom. The van der Waals surface area contributed by atoms with E-state index >= 15 is 0 Å². The SMILES string of the molecule is COCC(N)(C(C)C)C(F)F. The highest BCUT2D eigenvalue weighted by molar-refractivity contribution is 4.89. The molecule has 0 heterocycles. The summed E-state index contributed by atoms with van der Waals surface area (Å²) in [5.74, 6) is -0.289. The van der Waals surface area contributed by atoms with Crippen LogP contribution in [0.3, 0.4) is 0 Å². The third-order valence-corrected chi connectivity index (χ3v) is 1.88. The van der Waals surface area contributed by atoms with Crippen LogP contribution in [-0.2, 0) is 4.74 Å². The fraction of sp³-hybridized carbons (Fsp3) is 1.00. The minimum atomic E-state index is -2.54. The lowest BCUT2D eigenvalue weighted by Gasteiger charge is -2.31. The average Bonchev–Trinajstić information content (AvgIpc) is 1.87. The summed E-state index contributed by atoms with van der Waals surface area (Å²) in [6.45, 7) is 3.21. The summed E-state index contributed by atoms with van der Waals surface area (Å²) in [6.07, 6.45) is -2.54. The summed E-state index contributed by atoms with van der Waals surface area (Å²) in [5.41, 5.74) is 3.91. The molecule has 0 aromatic rings. The molecule has 0 aromatic heterocycles. The van der Waals surface area contributed by atoms with Crippen molar-refractivity contribution in [1.29, 1.82) is 0 Å². The van der Waals surface area contributed by atoms with Crippen LogP contribution < -0.4 is 5.73 Å². The molecule has 0 rings (SSSR count). The standard InChI is InChI=1S/C7H15F2NO/c1-5(2)7(10,4-11-3)6(8)9/h5-6H,4,10H2,1-3H3.